The summed E-state index contributed by atoms with van der Waals surface area (Å²) in [5.41, 5.74) is 6.40. The van der Waals surface area contributed by atoms with E-state index in [0.29, 0.717) is 5.56 Å². The van der Waals surface area contributed by atoms with Gasteiger partial charge in [0.05, 0.1) is 12.8 Å². The number of benzene rings is 1. The molecule has 0 bridgehead atoms. The highest BCUT2D eigenvalue weighted by Gasteiger charge is 2.12. The molecule has 0 saturated carbocycles. The Balaban J connectivity index is 2.17. The number of hydrogen-bond donors (Lipinski definition) is 1. The number of hydrogen-bond acceptors (Lipinski definition) is 5. The number of carbonyl (C=O) groups excluding carboxylic acids is 1. The van der Waals surface area contributed by atoms with E-state index < -0.39 is 5.97 Å². The lowest BCUT2D eigenvalue weighted by Gasteiger charge is -2.09. The van der Waals surface area contributed by atoms with E-state index in [9.17, 15) is 9.18 Å². The molecule has 0 spiro atoms. The first-order chi connectivity index (χ1) is 9.61. The molecule has 0 atom stereocenters. The quantitative estimate of drug-likeness (QED) is 0.866. The Morgan fingerprint density at radius 1 is 1.30 bits per heavy atom. The van der Waals surface area contributed by atoms with Crippen molar-refractivity contribution in [3.63, 3.8) is 0 Å². The van der Waals surface area contributed by atoms with E-state index in [-0.39, 0.29) is 29.7 Å². The fraction of sp³-hybridized carbons (Fsp3) is 0.143. The summed E-state index contributed by atoms with van der Waals surface area (Å²) < 4.78 is 23.4. The molecule has 5 nitrogen and oxygen atoms in total. The van der Waals surface area contributed by atoms with Gasteiger partial charge in [-0.2, -0.15) is 0 Å². The van der Waals surface area contributed by atoms with Gasteiger partial charge in [0.1, 0.15) is 12.4 Å². The van der Waals surface area contributed by atoms with Gasteiger partial charge in [0, 0.05) is 5.56 Å². The summed E-state index contributed by atoms with van der Waals surface area (Å²) in [6, 6.07) is 9.12. The predicted molar refractivity (Wildman–Crippen MR) is 70.7 cm³/mol. The van der Waals surface area contributed by atoms with Gasteiger partial charge in [-0.1, -0.05) is 18.2 Å². The van der Waals surface area contributed by atoms with Crippen LogP contribution in [0.3, 0.4) is 0 Å². The number of carbonyl (C=O) groups is 1. The van der Waals surface area contributed by atoms with Crippen molar-refractivity contribution < 1.29 is 18.7 Å². The molecule has 0 aliphatic carbocycles. The molecular weight excluding hydrogens is 263 g/mol. The van der Waals surface area contributed by atoms with Gasteiger partial charge in [0.2, 0.25) is 5.88 Å². The molecule has 0 amide bonds. The van der Waals surface area contributed by atoms with Crippen LogP contribution in [0, 0.1) is 5.82 Å². The molecule has 1 heterocycles. The maximum atomic E-state index is 13.4. The molecule has 0 aliphatic rings. The molecule has 2 rings (SSSR count). The summed E-state index contributed by atoms with van der Waals surface area (Å²) in [7, 11) is 1.25. The van der Waals surface area contributed by atoms with Gasteiger partial charge in [-0.3, -0.25) is 0 Å². The second-order valence-electron chi connectivity index (χ2n) is 3.96. The van der Waals surface area contributed by atoms with Gasteiger partial charge in [-0.25, -0.2) is 14.2 Å². The number of nitrogens with zero attached hydrogens (tertiary/aromatic N) is 1. The lowest BCUT2D eigenvalue weighted by Crippen LogP contribution is -2.08. The summed E-state index contributed by atoms with van der Waals surface area (Å²) in [5.74, 6) is -0.910. The van der Waals surface area contributed by atoms with Crippen LogP contribution >= 0.6 is 0 Å². The minimum atomic E-state index is -0.597. The number of methoxy groups -OCH3 is 1. The van der Waals surface area contributed by atoms with Gasteiger partial charge < -0.3 is 15.2 Å². The third-order valence-corrected chi connectivity index (χ3v) is 2.61. The fourth-order valence-corrected chi connectivity index (χ4v) is 1.55. The molecule has 0 radical (unpaired) electrons. The van der Waals surface area contributed by atoms with E-state index in [1.807, 2.05) is 0 Å². The van der Waals surface area contributed by atoms with Crippen molar-refractivity contribution in [1.29, 1.82) is 0 Å². The zero-order chi connectivity index (χ0) is 14.5. The second kappa shape index (κ2) is 6.01. The predicted octanol–water partition coefficient (Wildman–Crippen LogP) is 2.17. The average Bonchev–Trinajstić information content (AvgIpc) is 2.47. The van der Waals surface area contributed by atoms with Crippen LogP contribution in [-0.4, -0.2) is 18.1 Å². The third kappa shape index (κ3) is 3.03. The van der Waals surface area contributed by atoms with Crippen molar-refractivity contribution in [3.8, 4) is 5.88 Å². The number of halogens is 1. The number of nitrogens with two attached hydrogens (primary N) is 1. The van der Waals surface area contributed by atoms with Gasteiger partial charge in [0.25, 0.3) is 0 Å². The van der Waals surface area contributed by atoms with Gasteiger partial charge in [0.15, 0.2) is 5.69 Å². The Labute approximate surface area is 115 Å². The molecule has 20 heavy (non-hydrogen) atoms. The number of nitrogen functional groups attached to an aromatic ring is 1. The lowest BCUT2D eigenvalue weighted by molar-refractivity contribution is 0.0592. The van der Waals surface area contributed by atoms with Gasteiger partial charge >= 0.3 is 5.97 Å². The van der Waals surface area contributed by atoms with Crippen molar-refractivity contribution >= 4 is 11.7 Å². The van der Waals surface area contributed by atoms with Crippen molar-refractivity contribution in [2.45, 2.75) is 6.61 Å². The summed E-state index contributed by atoms with van der Waals surface area (Å²) in [6.45, 7) is -0.0332. The molecule has 2 aromatic rings. The zero-order valence-corrected chi connectivity index (χ0v) is 10.8. The fourth-order valence-electron chi connectivity index (χ4n) is 1.55. The van der Waals surface area contributed by atoms with Crippen LogP contribution in [0.15, 0.2) is 36.4 Å². The Morgan fingerprint density at radius 2 is 2.05 bits per heavy atom. The van der Waals surface area contributed by atoms with Crippen LogP contribution in [0.5, 0.6) is 5.88 Å². The van der Waals surface area contributed by atoms with Crippen LogP contribution in [0.25, 0.3) is 0 Å². The minimum Gasteiger partial charge on any atom is -0.471 e. The molecule has 6 heteroatoms. The Hall–Kier alpha value is -2.63. The standard InChI is InChI=1S/C14H13FN2O3/c1-19-14(18)12-7-6-11(16)13(17-12)20-8-9-4-2-3-5-10(9)15/h2-7H,8,16H2,1H3. The summed E-state index contributed by atoms with van der Waals surface area (Å²) in [6.07, 6.45) is 0. The molecule has 2 N–H and O–H groups in total. The molecule has 1 aromatic heterocycles. The van der Waals surface area contributed by atoms with Gasteiger partial charge in [-0.05, 0) is 18.2 Å². The number of aromatic nitrogens is 1. The number of rotatable bonds is 4. The molecule has 0 aliphatic heterocycles. The van der Waals surface area contributed by atoms with Crippen LogP contribution in [-0.2, 0) is 11.3 Å². The number of anilines is 1. The molecule has 104 valence electrons. The number of ether oxygens (including phenoxy) is 2. The second-order valence-corrected chi connectivity index (χ2v) is 3.96. The van der Waals surface area contributed by atoms with E-state index in [4.69, 9.17) is 10.5 Å². The SMILES string of the molecule is COC(=O)c1ccc(N)c(OCc2ccccc2F)n1. The Morgan fingerprint density at radius 3 is 2.75 bits per heavy atom. The van der Waals surface area contributed by atoms with Crippen LogP contribution in [0.4, 0.5) is 10.1 Å². The zero-order valence-electron chi connectivity index (χ0n) is 10.8. The maximum absolute atomic E-state index is 13.4. The lowest BCUT2D eigenvalue weighted by atomic mass is 10.2. The number of pyridine rings is 1. The van der Waals surface area contributed by atoms with Crippen molar-refractivity contribution in [2.24, 2.45) is 0 Å². The van der Waals surface area contributed by atoms with Crippen molar-refractivity contribution in [1.82, 2.24) is 4.98 Å². The highest BCUT2D eigenvalue weighted by atomic mass is 19.1. The third-order valence-electron chi connectivity index (χ3n) is 2.61. The highest BCUT2D eigenvalue weighted by Crippen LogP contribution is 2.20. The normalized spacial score (nSPS) is 10.1. The first-order valence-electron chi connectivity index (χ1n) is 5.83. The van der Waals surface area contributed by atoms with Crippen molar-refractivity contribution in [3.05, 3.63) is 53.5 Å². The average molecular weight is 276 g/mol. The number of esters is 1. The summed E-state index contributed by atoms with van der Waals surface area (Å²) in [5, 5.41) is 0. The van der Waals surface area contributed by atoms with Crippen LogP contribution in [0.2, 0.25) is 0 Å². The Bertz CT molecular complexity index is 632. The van der Waals surface area contributed by atoms with Crippen molar-refractivity contribution in [2.75, 3.05) is 12.8 Å². The van der Waals surface area contributed by atoms with E-state index in [1.165, 1.54) is 25.3 Å². The molecule has 0 saturated heterocycles. The minimum absolute atomic E-state index is 0.0332. The largest absolute Gasteiger partial charge is 0.471 e. The first-order valence-corrected chi connectivity index (χ1v) is 5.83. The summed E-state index contributed by atoms with van der Waals surface area (Å²) in [4.78, 5) is 15.3. The topological polar surface area (TPSA) is 74.4 Å². The molecular formula is C14H13FN2O3. The van der Waals surface area contributed by atoms with Gasteiger partial charge in [-0.15, -0.1) is 0 Å². The maximum Gasteiger partial charge on any atom is 0.356 e. The highest BCUT2D eigenvalue weighted by molar-refractivity contribution is 5.87. The van der Waals surface area contributed by atoms with E-state index in [0.717, 1.165) is 0 Å². The van der Waals surface area contributed by atoms with E-state index >= 15 is 0 Å². The van der Waals surface area contributed by atoms with E-state index in [1.54, 1.807) is 18.2 Å². The van der Waals surface area contributed by atoms with Crippen LogP contribution < -0.4 is 10.5 Å². The monoisotopic (exact) mass is 276 g/mol. The smallest absolute Gasteiger partial charge is 0.356 e. The summed E-state index contributed by atoms with van der Waals surface area (Å²) >= 11 is 0. The Kier molecular flexibility index (Phi) is 4.14. The molecule has 0 fully saturated rings. The molecule has 1 aromatic carbocycles. The first kappa shape index (κ1) is 13.8. The van der Waals surface area contributed by atoms with Crippen LogP contribution in [0.1, 0.15) is 16.1 Å². The molecule has 0 unspecified atom stereocenters. The van der Waals surface area contributed by atoms with E-state index in [2.05, 4.69) is 9.72 Å².